The molecule has 2 rings (SSSR count). The predicted octanol–water partition coefficient (Wildman–Crippen LogP) is 2.63. The van der Waals surface area contributed by atoms with Gasteiger partial charge in [0, 0.05) is 12.6 Å². The van der Waals surface area contributed by atoms with Crippen molar-refractivity contribution in [2.75, 3.05) is 13.2 Å². The molecule has 0 aliphatic heterocycles. The maximum Gasteiger partial charge on any atom is 0.338 e. The Morgan fingerprint density at radius 3 is 2.25 bits per heavy atom. The Bertz CT molecular complexity index is 770. The minimum absolute atomic E-state index is 0.190. The molecule has 2 aromatic rings. The van der Waals surface area contributed by atoms with Crippen LogP contribution in [0.2, 0.25) is 0 Å². The monoisotopic (exact) mass is 384 g/mol. The Morgan fingerprint density at radius 1 is 1.04 bits per heavy atom. The fourth-order valence-corrected chi connectivity index (χ4v) is 2.50. The number of nitrogens with two attached hydrogens (primary N) is 1. The molecule has 2 aromatic carbocycles. The van der Waals surface area contributed by atoms with E-state index in [1.54, 1.807) is 36.4 Å². The van der Waals surface area contributed by atoms with E-state index in [2.05, 4.69) is 5.32 Å². The molecule has 0 aliphatic carbocycles. The number of nitrogens with one attached hydrogen (secondary N) is 1. The summed E-state index contributed by atoms with van der Waals surface area (Å²) in [7, 11) is 0. The molecule has 0 saturated heterocycles. The average molecular weight is 384 g/mol. The van der Waals surface area contributed by atoms with Crippen molar-refractivity contribution in [2.24, 2.45) is 5.73 Å². The zero-order chi connectivity index (χ0) is 20.5. The quantitative estimate of drug-likeness (QED) is 0.615. The van der Waals surface area contributed by atoms with Gasteiger partial charge in [0.1, 0.15) is 18.5 Å². The number of amides is 1. The van der Waals surface area contributed by atoms with Gasteiger partial charge in [-0.1, -0.05) is 43.7 Å². The molecule has 0 aliphatic rings. The first-order valence-electron chi connectivity index (χ1n) is 9.34. The second kappa shape index (κ2) is 10.5. The Labute approximate surface area is 166 Å². The van der Waals surface area contributed by atoms with Crippen LogP contribution in [0.1, 0.15) is 35.3 Å². The number of primary amides is 1. The lowest BCUT2D eigenvalue weighted by Crippen LogP contribution is -2.38. The Balaban J connectivity index is 1.96. The Morgan fingerprint density at radius 2 is 1.68 bits per heavy atom. The number of ether oxygens (including phenoxy) is 2. The van der Waals surface area contributed by atoms with Gasteiger partial charge in [-0.2, -0.15) is 0 Å². The van der Waals surface area contributed by atoms with Crippen molar-refractivity contribution >= 4 is 11.9 Å². The number of benzene rings is 2. The molecule has 28 heavy (non-hydrogen) atoms. The lowest BCUT2D eigenvalue weighted by atomic mass is 10.1. The average Bonchev–Trinajstić information content (AvgIpc) is 2.65. The number of carbonyl (C=O) groups is 2. The topological polar surface area (TPSA) is 90.7 Å². The third kappa shape index (κ3) is 7.40. The van der Waals surface area contributed by atoms with Crippen LogP contribution in [0.25, 0.3) is 0 Å². The summed E-state index contributed by atoms with van der Waals surface area (Å²) in [6.07, 6.45) is -0.253. The third-order valence-corrected chi connectivity index (χ3v) is 4.05. The molecule has 150 valence electrons. The van der Waals surface area contributed by atoms with Crippen LogP contribution >= 0.6 is 0 Å². The van der Waals surface area contributed by atoms with E-state index in [9.17, 15) is 9.59 Å². The van der Waals surface area contributed by atoms with Crippen LogP contribution in [0.5, 0.6) is 5.75 Å². The molecule has 0 saturated carbocycles. The van der Waals surface area contributed by atoms with E-state index < -0.39 is 6.10 Å². The molecule has 1 amide bonds. The molecule has 0 heterocycles. The van der Waals surface area contributed by atoms with Crippen LogP contribution in [0.4, 0.5) is 0 Å². The van der Waals surface area contributed by atoms with Crippen molar-refractivity contribution in [3.63, 3.8) is 0 Å². The number of hydrogen-bond donors (Lipinski definition) is 2. The predicted molar refractivity (Wildman–Crippen MR) is 108 cm³/mol. The fraction of sp³-hybridized carbons (Fsp3) is 0.364. The normalized spacial score (nSPS) is 11.9. The van der Waals surface area contributed by atoms with E-state index >= 15 is 0 Å². The SMILES string of the molecule is Cc1ccc(C(=O)OC(CNC(C)C)COc2ccc(CC(N)=O)cc2)cc1. The van der Waals surface area contributed by atoms with Gasteiger partial charge in [0.25, 0.3) is 0 Å². The van der Waals surface area contributed by atoms with Crippen molar-refractivity contribution in [3.8, 4) is 5.75 Å². The first-order chi connectivity index (χ1) is 13.3. The summed E-state index contributed by atoms with van der Waals surface area (Å²) in [6, 6.07) is 14.6. The minimum Gasteiger partial charge on any atom is -0.490 e. The standard InChI is InChI=1S/C22H28N2O4/c1-15(2)24-13-20(28-22(26)18-8-4-16(3)5-9-18)14-27-19-10-6-17(7-11-19)12-21(23)25/h4-11,15,20,24H,12-14H2,1-3H3,(H2,23,25). The third-order valence-electron chi connectivity index (χ3n) is 4.05. The highest BCUT2D eigenvalue weighted by Gasteiger charge is 2.17. The fourth-order valence-electron chi connectivity index (χ4n) is 2.50. The Hall–Kier alpha value is -2.86. The maximum atomic E-state index is 12.4. The number of carbonyl (C=O) groups excluding carboxylic acids is 2. The molecule has 3 N–H and O–H groups in total. The molecule has 6 heteroatoms. The smallest absolute Gasteiger partial charge is 0.338 e. The lowest BCUT2D eigenvalue weighted by molar-refractivity contribution is -0.117. The van der Waals surface area contributed by atoms with E-state index in [1.807, 2.05) is 32.9 Å². The van der Waals surface area contributed by atoms with Crippen LogP contribution in [0.3, 0.4) is 0 Å². The number of aryl methyl sites for hydroxylation is 1. The highest BCUT2D eigenvalue weighted by Crippen LogP contribution is 2.14. The molecular weight excluding hydrogens is 356 g/mol. The van der Waals surface area contributed by atoms with Crippen molar-refractivity contribution in [2.45, 2.75) is 39.3 Å². The zero-order valence-electron chi connectivity index (χ0n) is 16.6. The molecular formula is C22H28N2O4. The lowest BCUT2D eigenvalue weighted by Gasteiger charge is -2.20. The van der Waals surface area contributed by atoms with E-state index in [-0.39, 0.29) is 30.9 Å². The number of rotatable bonds is 10. The second-order valence-corrected chi connectivity index (χ2v) is 7.05. The number of esters is 1. The molecule has 0 spiro atoms. The van der Waals surface area contributed by atoms with Gasteiger partial charge >= 0.3 is 5.97 Å². The van der Waals surface area contributed by atoms with E-state index in [0.29, 0.717) is 17.9 Å². The largest absolute Gasteiger partial charge is 0.490 e. The van der Waals surface area contributed by atoms with Crippen LogP contribution in [0, 0.1) is 6.92 Å². The zero-order valence-corrected chi connectivity index (χ0v) is 16.6. The molecule has 0 fully saturated rings. The number of hydrogen-bond acceptors (Lipinski definition) is 5. The second-order valence-electron chi connectivity index (χ2n) is 7.05. The van der Waals surface area contributed by atoms with Crippen LogP contribution in [-0.2, 0) is 16.0 Å². The molecule has 1 unspecified atom stereocenters. The van der Waals surface area contributed by atoms with Crippen LogP contribution < -0.4 is 15.8 Å². The highest BCUT2D eigenvalue weighted by atomic mass is 16.6. The summed E-state index contributed by atoms with van der Waals surface area (Å²) < 4.78 is 11.4. The van der Waals surface area contributed by atoms with E-state index in [1.165, 1.54) is 0 Å². The highest BCUT2D eigenvalue weighted by molar-refractivity contribution is 5.89. The van der Waals surface area contributed by atoms with Crippen LogP contribution in [0.15, 0.2) is 48.5 Å². The Kier molecular flexibility index (Phi) is 8.02. The van der Waals surface area contributed by atoms with Gasteiger partial charge < -0.3 is 20.5 Å². The molecule has 0 radical (unpaired) electrons. The van der Waals surface area contributed by atoms with Gasteiger partial charge in [0.2, 0.25) is 5.91 Å². The van der Waals surface area contributed by atoms with Gasteiger partial charge in [0.05, 0.1) is 12.0 Å². The summed E-state index contributed by atoms with van der Waals surface area (Å²) in [5.41, 5.74) is 7.61. The van der Waals surface area contributed by atoms with Gasteiger partial charge in [-0.15, -0.1) is 0 Å². The van der Waals surface area contributed by atoms with Gasteiger partial charge in [-0.05, 0) is 36.8 Å². The maximum absolute atomic E-state index is 12.4. The minimum atomic E-state index is -0.443. The summed E-state index contributed by atoms with van der Waals surface area (Å²) in [4.78, 5) is 23.4. The van der Waals surface area contributed by atoms with Crippen molar-refractivity contribution in [1.29, 1.82) is 0 Å². The molecule has 0 aromatic heterocycles. The summed E-state index contributed by atoms with van der Waals surface area (Å²) in [5.74, 6) is -0.123. The van der Waals surface area contributed by atoms with Gasteiger partial charge in [0.15, 0.2) is 0 Å². The summed E-state index contributed by atoms with van der Waals surface area (Å²) in [6.45, 7) is 6.71. The van der Waals surface area contributed by atoms with Gasteiger partial charge in [-0.3, -0.25) is 4.79 Å². The van der Waals surface area contributed by atoms with E-state index in [0.717, 1.165) is 11.1 Å². The summed E-state index contributed by atoms with van der Waals surface area (Å²) >= 11 is 0. The molecule has 1 atom stereocenters. The first-order valence-corrected chi connectivity index (χ1v) is 9.34. The van der Waals surface area contributed by atoms with Crippen LogP contribution in [-0.4, -0.2) is 37.2 Å². The molecule has 0 bridgehead atoms. The molecule has 6 nitrogen and oxygen atoms in total. The first kappa shape index (κ1) is 21.4. The summed E-state index contributed by atoms with van der Waals surface area (Å²) in [5, 5.41) is 3.27. The van der Waals surface area contributed by atoms with E-state index in [4.69, 9.17) is 15.2 Å². The van der Waals surface area contributed by atoms with Crippen molar-refractivity contribution in [1.82, 2.24) is 5.32 Å². The van der Waals surface area contributed by atoms with Crippen molar-refractivity contribution < 1.29 is 19.1 Å². The van der Waals surface area contributed by atoms with Crippen molar-refractivity contribution in [3.05, 3.63) is 65.2 Å². The van der Waals surface area contributed by atoms with Gasteiger partial charge in [-0.25, -0.2) is 4.79 Å².